The van der Waals surface area contributed by atoms with Gasteiger partial charge < -0.3 is 5.73 Å². The Morgan fingerprint density at radius 2 is 2.00 bits per heavy atom. The summed E-state index contributed by atoms with van der Waals surface area (Å²) in [5, 5.41) is 0. The Morgan fingerprint density at radius 1 is 1.46 bits per heavy atom. The van der Waals surface area contributed by atoms with E-state index in [1.54, 1.807) is 0 Å². The zero-order valence-corrected chi connectivity index (χ0v) is 8.72. The van der Waals surface area contributed by atoms with Gasteiger partial charge in [-0.05, 0) is 13.8 Å². The molecule has 1 unspecified atom stereocenters. The zero-order chi connectivity index (χ0) is 10.2. The summed E-state index contributed by atoms with van der Waals surface area (Å²) in [6, 6.07) is 0. The molecule has 1 atom stereocenters. The molecule has 13 heavy (non-hydrogen) atoms. The van der Waals surface area contributed by atoms with E-state index in [0.717, 1.165) is 5.57 Å². The van der Waals surface area contributed by atoms with Crippen LogP contribution in [0.1, 0.15) is 27.7 Å². The second-order valence-corrected chi connectivity index (χ2v) is 4.34. The third kappa shape index (κ3) is 1.67. The number of amides is 1. The van der Waals surface area contributed by atoms with Crippen LogP contribution in [0.5, 0.6) is 0 Å². The number of primary amides is 1. The first-order valence-corrected chi connectivity index (χ1v) is 4.52. The Labute approximate surface area is 79.5 Å². The molecule has 2 N–H and O–H groups in total. The van der Waals surface area contributed by atoms with Crippen LogP contribution in [0.4, 0.5) is 0 Å². The Kier molecular flexibility index (Phi) is 2.33. The van der Waals surface area contributed by atoms with Crippen molar-refractivity contribution < 1.29 is 4.79 Å². The molecule has 0 aromatic carbocycles. The fourth-order valence-corrected chi connectivity index (χ4v) is 1.73. The predicted octanol–water partition coefficient (Wildman–Crippen LogP) is 2.02. The van der Waals surface area contributed by atoms with Gasteiger partial charge in [-0.2, -0.15) is 0 Å². The van der Waals surface area contributed by atoms with E-state index in [1.165, 1.54) is 5.57 Å². The van der Waals surface area contributed by atoms with Crippen LogP contribution in [0.2, 0.25) is 0 Å². The minimum absolute atomic E-state index is 0.134. The van der Waals surface area contributed by atoms with Crippen LogP contribution in [-0.4, -0.2) is 5.91 Å². The SMILES string of the molecule is CC1=CC(C(N)=O)C(C)(C)C(C)=C1. The molecule has 0 aliphatic heterocycles. The maximum atomic E-state index is 11.2. The number of hydrogen-bond donors (Lipinski definition) is 1. The second kappa shape index (κ2) is 3.02. The quantitative estimate of drug-likeness (QED) is 0.657. The number of carbonyl (C=O) groups excluding carboxylic acids is 1. The summed E-state index contributed by atoms with van der Waals surface area (Å²) in [5.74, 6) is -0.408. The lowest BCUT2D eigenvalue weighted by molar-refractivity contribution is -0.122. The van der Waals surface area contributed by atoms with Crippen LogP contribution in [0, 0.1) is 11.3 Å². The fraction of sp³-hybridized carbons (Fsp3) is 0.545. The van der Waals surface area contributed by atoms with E-state index in [9.17, 15) is 4.79 Å². The first-order valence-electron chi connectivity index (χ1n) is 4.52. The van der Waals surface area contributed by atoms with Crippen molar-refractivity contribution in [2.75, 3.05) is 0 Å². The highest BCUT2D eigenvalue weighted by Crippen LogP contribution is 2.39. The standard InChI is InChI=1S/C11H17NO/c1-7-5-8(2)11(3,4)9(6-7)10(12)13/h5-6,9H,1-4H3,(H2,12,13). The van der Waals surface area contributed by atoms with Crippen molar-refractivity contribution in [3.8, 4) is 0 Å². The van der Waals surface area contributed by atoms with Crippen molar-refractivity contribution in [2.45, 2.75) is 27.7 Å². The van der Waals surface area contributed by atoms with E-state index in [2.05, 4.69) is 19.9 Å². The highest BCUT2D eigenvalue weighted by molar-refractivity contribution is 5.80. The van der Waals surface area contributed by atoms with Crippen LogP contribution in [0.15, 0.2) is 23.3 Å². The van der Waals surface area contributed by atoms with E-state index < -0.39 is 0 Å². The Morgan fingerprint density at radius 3 is 2.46 bits per heavy atom. The van der Waals surface area contributed by atoms with Gasteiger partial charge in [0.2, 0.25) is 5.91 Å². The fourth-order valence-electron chi connectivity index (χ4n) is 1.73. The van der Waals surface area contributed by atoms with Gasteiger partial charge >= 0.3 is 0 Å². The first-order chi connectivity index (χ1) is 5.85. The van der Waals surface area contributed by atoms with Gasteiger partial charge in [0.15, 0.2) is 0 Å². The molecule has 2 nitrogen and oxygen atoms in total. The molecule has 0 aromatic heterocycles. The molecule has 0 fully saturated rings. The summed E-state index contributed by atoms with van der Waals surface area (Å²) in [5.41, 5.74) is 7.57. The lowest BCUT2D eigenvalue weighted by Crippen LogP contribution is -2.36. The zero-order valence-electron chi connectivity index (χ0n) is 8.72. The average Bonchev–Trinajstić information content (AvgIpc) is 1.96. The van der Waals surface area contributed by atoms with Gasteiger partial charge in [0.1, 0.15) is 0 Å². The number of rotatable bonds is 1. The number of hydrogen-bond acceptors (Lipinski definition) is 1. The molecule has 1 aliphatic rings. The van der Waals surface area contributed by atoms with Crippen molar-refractivity contribution >= 4 is 5.91 Å². The van der Waals surface area contributed by atoms with Gasteiger partial charge in [-0.3, -0.25) is 4.79 Å². The van der Waals surface area contributed by atoms with Gasteiger partial charge in [-0.1, -0.05) is 37.1 Å². The molecular formula is C11H17NO. The summed E-state index contributed by atoms with van der Waals surface area (Å²) in [4.78, 5) is 11.2. The third-order valence-electron chi connectivity index (χ3n) is 2.97. The third-order valence-corrected chi connectivity index (χ3v) is 2.97. The topological polar surface area (TPSA) is 43.1 Å². The maximum Gasteiger partial charge on any atom is 0.225 e. The van der Waals surface area contributed by atoms with Crippen molar-refractivity contribution in [3.05, 3.63) is 23.3 Å². The van der Waals surface area contributed by atoms with Gasteiger partial charge in [0.25, 0.3) is 0 Å². The summed E-state index contributed by atoms with van der Waals surface area (Å²) >= 11 is 0. The largest absolute Gasteiger partial charge is 0.369 e. The number of carbonyl (C=O) groups is 1. The van der Waals surface area contributed by atoms with E-state index in [4.69, 9.17) is 5.73 Å². The molecule has 2 heteroatoms. The molecule has 0 saturated heterocycles. The van der Waals surface area contributed by atoms with Crippen LogP contribution < -0.4 is 5.73 Å². The lowest BCUT2D eigenvalue weighted by atomic mass is 9.69. The van der Waals surface area contributed by atoms with Gasteiger partial charge in [-0.25, -0.2) is 0 Å². The van der Waals surface area contributed by atoms with E-state index >= 15 is 0 Å². The van der Waals surface area contributed by atoms with E-state index in [1.807, 2.05) is 19.9 Å². The Hall–Kier alpha value is -1.05. The molecule has 1 amide bonds. The van der Waals surface area contributed by atoms with Crippen LogP contribution in [0.25, 0.3) is 0 Å². The molecule has 0 spiro atoms. The minimum atomic E-state index is -0.239. The molecule has 0 bridgehead atoms. The molecule has 1 rings (SSSR count). The molecular weight excluding hydrogens is 162 g/mol. The molecule has 72 valence electrons. The second-order valence-electron chi connectivity index (χ2n) is 4.34. The van der Waals surface area contributed by atoms with Crippen molar-refractivity contribution in [2.24, 2.45) is 17.1 Å². The highest BCUT2D eigenvalue weighted by atomic mass is 16.1. The maximum absolute atomic E-state index is 11.2. The van der Waals surface area contributed by atoms with Crippen molar-refractivity contribution in [1.29, 1.82) is 0 Å². The average molecular weight is 179 g/mol. The first kappa shape index (κ1) is 10.0. The molecule has 0 radical (unpaired) electrons. The van der Waals surface area contributed by atoms with E-state index in [0.29, 0.717) is 0 Å². The van der Waals surface area contributed by atoms with Gasteiger partial charge in [-0.15, -0.1) is 0 Å². The van der Waals surface area contributed by atoms with E-state index in [-0.39, 0.29) is 17.2 Å². The van der Waals surface area contributed by atoms with Crippen LogP contribution in [-0.2, 0) is 4.79 Å². The summed E-state index contributed by atoms with van der Waals surface area (Å²) in [7, 11) is 0. The predicted molar refractivity (Wildman–Crippen MR) is 54.0 cm³/mol. The van der Waals surface area contributed by atoms with Gasteiger partial charge in [0.05, 0.1) is 5.92 Å². The van der Waals surface area contributed by atoms with Crippen molar-refractivity contribution in [1.82, 2.24) is 0 Å². The summed E-state index contributed by atoms with van der Waals surface area (Å²) in [6.07, 6.45) is 4.06. The Balaban J connectivity index is 3.12. The smallest absolute Gasteiger partial charge is 0.225 e. The van der Waals surface area contributed by atoms with Crippen LogP contribution >= 0.6 is 0 Å². The molecule has 1 aliphatic carbocycles. The molecule has 0 aromatic rings. The highest BCUT2D eigenvalue weighted by Gasteiger charge is 2.35. The molecule has 0 saturated carbocycles. The number of allylic oxidation sites excluding steroid dienone is 3. The lowest BCUT2D eigenvalue weighted by Gasteiger charge is -2.34. The van der Waals surface area contributed by atoms with Gasteiger partial charge in [0, 0.05) is 5.41 Å². The summed E-state index contributed by atoms with van der Waals surface area (Å²) in [6.45, 7) is 8.15. The molecule has 0 heterocycles. The summed E-state index contributed by atoms with van der Waals surface area (Å²) < 4.78 is 0. The minimum Gasteiger partial charge on any atom is -0.369 e. The van der Waals surface area contributed by atoms with Crippen LogP contribution in [0.3, 0.4) is 0 Å². The monoisotopic (exact) mass is 179 g/mol. The Bertz CT molecular complexity index is 297. The normalized spacial score (nSPS) is 26.3. The van der Waals surface area contributed by atoms with Crippen molar-refractivity contribution in [3.63, 3.8) is 0 Å². The number of nitrogens with two attached hydrogens (primary N) is 1.